The molecule has 5 heteroatoms. The molecule has 0 atom stereocenters. The molecule has 0 fully saturated rings. The van der Waals surface area contributed by atoms with Gasteiger partial charge in [0.25, 0.3) is 0 Å². The number of benzene rings is 1. The number of halogens is 2. The highest BCUT2D eigenvalue weighted by Gasteiger charge is 2.09. The molecule has 1 aromatic carbocycles. The maximum absolute atomic E-state index is 13.1. The van der Waals surface area contributed by atoms with Crippen molar-refractivity contribution in [2.45, 2.75) is 6.54 Å². The molecular weight excluding hydrogens is 202 g/mol. The Morgan fingerprint density at radius 1 is 1.47 bits per heavy atom. The Morgan fingerprint density at radius 3 is 2.67 bits per heavy atom. The lowest BCUT2D eigenvalue weighted by Crippen LogP contribution is -2.11. The molecule has 80 valence electrons. The van der Waals surface area contributed by atoms with Gasteiger partial charge in [-0.15, -0.1) is 0 Å². The Hall–Kier alpha value is -1.75. The second kappa shape index (κ2) is 4.65. The molecule has 0 aliphatic carbocycles. The summed E-state index contributed by atoms with van der Waals surface area (Å²) in [5.74, 6) is -2.14. The monoisotopic (exact) mass is 212 g/mol. The van der Waals surface area contributed by atoms with E-state index in [0.717, 1.165) is 12.1 Å². The minimum Gasteiger partial charge on any atom is -0.326 e. The summed E-state index contributed by atoms with van der Waals surface area (Å²) in [7, 11) is 0. The van der Waals surface area contributed by atoms with Gasteiger partial charge in [-0.2, -0.15) is 0 Å². The third-order valence-electron chi connectivity index (χ3n) is 1.80. The van der Waals surface area contributed by atoms with Crippen LogP contribution in [0.4, 0.5) is 14.5 Å². The lowest BCUT2D eigenvalue weighted by atomic mass is 10.2. The van der Waals surface area contributed by atoms with Crippen molar-refractivity contribution in [1.29, 1.82) is 0 Å². The van der Waals surface area contributed by atoms with Crippen molar-refractivity contribution >= 4 is 11.6 Å². The summed E-state index contributed by atoms with van der Waals surface area (Å²) < 4.78 is 26.1. The number of amides is 1. The van der Waals surface area contributed by atoms with Gasteiger partial charge in [0.15, 0.2) is 0 Å². The summed E-state index contributed by atoms with van der Waals surface area (Å²) in [4.78, 5) is 10.9. The Kier molecular flexibility index (Phi) is 3.51. The van der Waals surface area contributed by atoms with E-state index >= 15 is 0 Å². The summed E-state index contributed by atoms with van der Waals surface area (Å²) in [6.07, 6.45) is 0.991. The van der Waals surface area contributed by atoms with Crippen molar-refractivity contribution in [1.82, 2.24) is 0 Å². The predicted molar refractivity (Wildman–Crippen MR) is 53.1 cm³/mol. The summed E-state index contributed by atoms with van der Waals surface area (Å²) in [5, 5.41) is 2.21. The first kappa shape index (κ1) is 11.3. The van der Waals surface area contributed by atoms with Crippen LogP contribution in [0, 0.1) is 11.6 Å². The first-order valence-corrected chi connectivity index (χ1v) is 4.20. The van der Waals surface area contributed by atoms with Crippen molar-refractivity contribution in [2.24, 2.45) is 5.73 Å². The maximum atomic E-state index is 13.1. The largest absolute Gasteiger partial charge is 0.326 e. The Balaban J connectivity index is 3.07. The second-order valence-electron chi connectivity index (χ2n) is 2.82. The Labute approximate surface area is 85.6 Å². The molecule has 0 aromatic heterocycles. The van der Waals surface area contributed by atoms with E-state index in [9.17, 15) is 13.6 Å². The molecule has 0 bridgehead atoms. The van der Waals surface area contributed by atoms with Crippen molar-refractivity contribution in [3.63, 3.8) is 0 Å². The molecule has 0 unspecified atom stereocenters. The summed E-state index contributed by atoms with van der Waals surface area (Å²) in [6, 6.07) is 1.84. The summed E-state index contributed by atoms with van der Waals surface area (Å²) in [5.41, 5.74) is 5.26. The smallest absolute Gasteiger partial charge is 0.247 e. The fourth-order valence-corrected chi connectivity index (χ4v) is 1.03. The van der Waals surface area contributed by atoms with E-state index in [0.29, 0.717) is 6.07 Å². The number of carbonyl (C=O) groups excluding carboxylic acids is 1. The van der Waals surface area contributed by atoms with Gasteiger partial charge in [0.05, 0.1) is 5.69 Å². The van der Waals surface area contributed by atoms with Crippen LogP contribution in [0.3, 0.4) is 0 Å². The third-order valence-corrected chi connectivity index (χ3v) is 1.80. The van der Waals surface area contributed by atoms with Crippen LogP contribution < -0.4 is 11.1 Å². The summed E-state index contributed by atoms with van der Waals surface area (Å²) >= 11 is 0. The molecule has 0 aliphatic rings. The van der Waals surface area contributed by atoms with Crippen LogP contribution in [0.2, 0.25) is 0 Å². The first-order chi connectivity index (χ1) is 7.08. The molecule has 0 heterocycles. The van der Waals surface area contributed by atoms with E-state index in [1.165, 1.54) is 0 Å². The molecule has 3 nitrogen and oxygen atoms in total. The van der Waals surface area contributed by atoms with Crippen LogP contribution in [-0.2, 0) is 11.3 Å². The van der Waals surface area contributed by atoms with Gasteiger partial charge in [-0.1, -0.05) is 6.58 Å². The average molecular weight is 212 g/mol. The van der Waals surface area contributed by atoms with Gasteiger partial charge in [0.1, 0.15) is 11.6 Å². The van der Waals surface area contributed by atoms with Gasteiger partial charge in [0, 0.05) is 18.2 Å². The first-order valence-electron chi connectivity index (χ1n) is 4.20. The molecule has 15 heavy (non-hydrogen) atoms. The molecular formula is C10H10F2N2O. The van der Waals surface area contributed by atoms with Crippen molar-refractivity contribution < 1.29 is 13.6 Å². The zero-order chi connectivity index (χ0) is 11.4. The number of nitrogens with two attached hydrogens (primary N) is 1. The third kappa shape index (κ3) is 2.60. The maximum Gasteiger partial charge on any atom is 0.247 e. The predicted octanol–water partition coefficient (Wildman–Crippen LogP) is 1.55. The van der Waals surface area contributed by atoms with Crippen LogP contribution >= 0.6 is 0 Å². The summed E-state index contributed by atoms with van der Waals surface area (Å²) in [6.45, 7) is 3.15. The highest BCUT2D eigenvalue weighted by Crippen LogP contribution is 2.19. The van der Waals surface area contributed by atoms with E-state index in [1.807, 2.05) is 0 Å². The zero-order valence-electron chi connectivity index (χ0n) is 7.89. The highest BCUT2D eigenvalue weighted by atomic mass is 19.1. The van der Waals surface area contributed by atoms with Crippen LogP contribution in [0.1, 0.15) is 5.56 Å². The lowest BCUT2D eigenvalue weighted by molar-refractivity contribution is -0.111. The topological polar surface area (TPSA) is 55.1 Å². The molecule has 0 saturated carbocycles. The number of rotatable bonds is 3. The van der Waals surface area contributed by atoms with Gasteiger partial charge in [-0.05, 0) is 12.1 Å². The van der Waals surface area contributed by atoms with Crippen molar-refractivity contribution in [3.8, 4) is 0 Å². The Morgan fingerprint density at radius 2 is 2.13 bits per heavy atom. The van der Waals surface area contributed by atoms with Crippen LogP contribution in [0.25, 0.3) is 0 Å². The van der Waals surface area contributed by atoms with E-state index in [-0.39, 0.29) is 17.8 Å². The van der Waals surface area contributed by atoms with Crippen molar-refractivity contribution in [3.05, 3.63) is 42.0 Å². The molecule has 1 amide bonds. The minimum absolute atomic E-state index is 0.0664. The highest BCUT2D eigenvalue weighted by molar-refractivity contribution is 5.98. The van der Waals surface area contributed by atoms with Gasteiger partial charge >= 0.3 is 0 Å². The molecule has 3 N–H and O–H groups in total. The van der Waals surface area contributed by atoms with Crippen LogP contribution in [-0.4, -0.2) is 5.91 Å². The second-order valence-corrected chi connectivity index (χ2v) is 2.82. The molecule has 0 radical (unpaired) electrons. The number of hydrogen-bond donors (Lipinski definition) is 2. The van der Waals surface area contributed by atoms with Gasteiger partial charge in [-0.3, -0.25) is 4.79 Å². The van der Waals surface area contributed by atoms with E-state index in [1.54, 1.807) is 0 Å². The van der Waals surface area contributed by atoms with Gasteiger partial charge in [-0.25, -0.2) is 8.78 Å². The van der Waals surface area contributed by atoms with E-state index in [2.05, 4.69) is 11.9 Å². The SMILES string of the molecule is C=CC(=O)Nc1cc(CN)c(F)cc1F. The number of carbonyl (C=O) groups is 1. The molecule has 1 aromatic rings. The van der Waals surface area contributed by atoms with E-state index < -0.39 is 17.5 Å². The van der Waals surface area contributed by atoms with Gasteiger partial charge < -0.3 is 11.1 Å². The molecule has 0 aliphatic heterocycles. The fraction of sp³-hybridized carbons (Fsp3) is 0.100. The lowest BCUT2D eigenvalue weighted by Gasteiger charge is -2.07. The van der Waals surface area contributed by atoms with Gasteiger partial charge in [0.2, 0.25) is 5.91 Å². The molecule has 0 saturated heterocycles. The number of nitrogens with one attached hydrogen (secondary N) is 1. The van der Waals surface area contributed by atoms with E-state index in [4.69, 9.17) is 5.73 Å². The average Bonchev–Trinajstić information content (AvgIpc) is 2.21. The quantitative estimate of drug-likeness (QED) is 0.747. The van der Waals surface area contributed by atoms with Crippen molar-refractivity contribution in [2.75, 3.05) is 5.32 Å². The number of hydrogen-bond acceptors (Lipinski definition) is 2. The molecule has 0 spiro atoms. The minimum atomic E-state index is -0.847. The number of anilines is 1. The van der Waals surface area contributed by atoms with Crippen LogP contribution in [0.5, 0.6) is 0 Å². The normalized spacial score (nSPS) is 9.80. The molecule has 1 rings (SSSR count). The zero-order valence-corrected chi connectivity index (χ0v) is 7.89. The standard InChI is InChI=1S/C10H10F2N2O/c1-2-10(15)14-9-3-6(5-13)7(11)4-8(9)12/h2-4H,1,5,13H2,(H,14,15). The Bertz CT molecular complexity index is 405. The fourth-order valence-electron chi connectivity index (χ4n) is 1.03. The van der Waals surface area contributed by atoms with Crippen LogP contribution in [0.15, 0.2) is 24.8 Å².